The smallest absolute Gasteiger partial charge is 0.0619 e. The number of fused-ring (bicyclic) bond motifs is 7. The Balaban J connectivity index is 1.50. The normalized spacial score (nSPS) is 12.3. The third-order valence-electron chi connectivity index (χ3n) is 9.64. The van der Waals surface area contributed by atoms with Gasteiger partial charge in [-0.3, -0.25) is 0 Å². The highest BCUT2D eigenvalue weighted by Crippen LogP contribution is 2.42. The van der Waals surface area contributed by atoms with Crippen LogP contribution in [0.1, 0.15) is 56.3 Å². The van der Waals surface area contributed by atoms with E-state index >= 15 is 0 Å². The molecule has 2 heteroatoms. The lowest BCUT2D eigenvalue weighted by Crippen LogP contribution is -2.02. The van der Waals surface area contributed by atoms with Gasteiger partial charge in [-0.1, -0.05) is 86.6 Å². The van der Waals surface area contributed by atoms with Crippen molar-refractivity contribution in [1.29, 1.82) is 0 Å². The summed E-state index contributed by atoms with van der Waals surface area (Å²) in [5.41, 5.74) is 12.9. The highest BCUT2D eigenvalue weighted by atomic mass is 15.0. The summed E-state index contributed by atoms with van der Waals surface area (Å²) in [5.74, 6) is 0.486. The van der Waals surface area contributed by atoms with Gasteiger partial charge in [0, 0.05) is 49.9 Å². The standard InChI is InChI=1S/C42H38N2/c1-25(2)35-20-28(6)40(21-27(35)5)44-41-24-30-13-8-7-12-29(30)22-37(41)34-16-11-15-32(42(34)44)31-18-19-39-36(23-31)33-14-9-10-17-38(33)43(39)26(3)4/h7-26H,1-6H3. The van der Waals surface area contributed by atoms with Gasteiger partial charge in [0.05, 0.1) is 11.0 Å². The van der Waals surface area contributed by atoms with Crippen LogP contribution in [0, 0.1) is 13.8 Å². The molecule has 0 atom stereocenters. The number of aryl methyl sites for hydroxylation is 2. The first-order chi connectivity index (χ1) is 21.3. The maximum absolute atomic E-state index is 2.54. The SMILES string of the molecule is Cc1cc(-n2c3cc4ccccc4cc3c3cccc(-c4ccc5c(c4)c4ccccc4n5C(C)C)c32)c(C)cc1C(C)C. The van der Waals surface area contributed by atoms with E-state index in [2.05, 4.69) is 160 Å². The maximum atomic E-state index is 2.54. The average Bonchev–Trinajstić information content (AvgIpc) is 3.53. The zero-order valence-corrected chi connectivity index (χ0v) is 26.4. The van der Waals surface area contributed by atoms with Crippen LogP contribution in [0.4, 0.5) is 0 Å². The van der Waals surface area contributed by atoms with Gasteiger partial charge in [0.25, 0.3) is 0 Å². The van der Waals surface area contributed by atoms with Gasteiger partial charge in [0.15, 0.2) is 0 Å². The molecule has 8 rings (SSSR count). The monoisotopic (exact) mass is 570 g/mol. The van der Waals surface area contributed by atoms with E-state index in [0.29, 0.717) is 12.0 Å². The van der Waals surface area contributed by atoms with Crippen molar-refractivity contribution in [1.82, 2.24) is 9.13 Å². The molecule has 216 valence electrons. The lowest BCUT2D eigenvalue weighted by molar-refractivity contribution is 0.642. The molecule has 0 aliphatic rings. The van der Waals surface area contributed by atoms with Gasteiger partial charge in [0.2, 0.25) is 0 Å². The van der Waals surface area contributed by atoms with Crippen LogP contribution in [-0.4, -0.2) is 9.13 Å². The van der Waals surface area contributed by atoms with Crippen LogP contribution in [0.25, 0.3) is 71.2 Å². The second-order valence-corrected chi connectivity index (χ2v) is 13.1. The third-order valence-corrected chi connectivity index (χ3v) is 9.64. The lowest BCUT2D eigenvalue weighted by Gasteiger charge is -2.18. The second-order valence-electron chi connectivity index (χ2n) is 13.1. The molecule has 2 heterocycles. The highest BCUT2D eigenvalue weighted by molar-refractivity contribution is 6.18. The van der Waals surface area contributed by atoms with Crippen molar-refractivity contribution in [3.63, 3.8) is 0 Å². The lowest BCUT2D eigenvalue weighted by atomic mass is 9.94. The molecule has 0 N–H and O–H groups in total. The van der Waals surface area contributed by atoms with Crippen LogP contribution in [0.3, 0.4) is 0 Å². The first-order valence-corrected chi connectivity index (χ1v) is 15.9. The van der Waals surface area contributed by atoms with Gasteiger partial charge in [0.1, 0.15) is 0 Å². The topological polar surface area (TPSA) is 9.86 Å². The zero-order valence-electron chi connectivity index (χ0n) is 26.4. The fraction of sp³-hybridized carbons (Fsp3) is 0.190. The Morgan fingerprint density at radius 3 is 1.98 bits per heavy atom. The van der Waals surface area contributed by atoms with E-state index < -0.39 is 0 Å². The van der Waals surface area contributed by atoms with Crippen LogP contribution in [-0.2, 0) is 0 Å². The number of hydrogen-bond donors (Lipinski definition) is 0. The van der Waals surface area contributed by atoms with Gasteiger partial charge in [-0.2, -0.15) is 0 Å². The molecule has 2 nitrogen and oxygen atoms in total. The van der Waals surface area contributed by atoms with Gasteiger partial charge >= 0.3 is 0 Å². The van der Waals surface area contributed by atoms with Crippen LogP contribution in [0.5, 0.6) is 0 Å². The van der Waals surface area contributed by atoms with Gasteiger partial charge in [-0.15, -0.1) is 0 Å². The van der Waals surface area contributed by atoms with E-state index in [4.69, 9.17) is 0 Å². The quantitative estimate of drug-likeness (QED) is 0.199. The van der Waals surface area contributed by atoms with Crippen LogP contribution >= 0.6 is 0 Å². The summed E-state index contributed by atoms with van der Waals surface area (Å²) in [6.07, 6.45) is 0. The Labute approximate surface area is 259 Å². The first kappa shape index (κ1) is 26.8. The van der Waals surface area contributed by atoms with Crippen molar-refractivity contribution in [3.8, 4) is 16.8 Å². The summed E-state index contributed by atoms with van der Waals surface area (Å²) >= 11 is 0. The van der Waals surface area contributed by atoms with E-state index in [0.717, 1.165) is 0 Å². The Kier molecular flexibility index (Phi) is 6.00. The molecule has 8 aromatic rings. The largest absolute Gasteiger partial charge is 0.338 e. The van der Waals surface area contributed by atoms with Crippen molar-refractivity contribution in [3.05, 3.63) is 126 Å². The predicted molar refractivity (Wildman–Crippen MR) is 191 cm³/mol. The summed E-state index contributed by atoms with van der Waals surface area (Å²) in [7, 11) is 0. The fourth-order valence-corrected chi connectivity index (χ4v) is 7.65. The molecule has 0 saturated heterocycles. The molecule has 0 amide bonds. The van der Waals surface area contributed by atoms with Crippen LogP contribution < -0.4 is 0 Å². The van der Waals surface area contributed by atoms with Crippen molar-refractivity contribution in [2.24, 2.45) is 0 Å². The minimum atomic E-state index is 0.378. The summed E-state index contributed by atoms with van der Waals surface area (Å²) in [6, 6.07) is 41.5. The Morgan fingerprint density at radius 2 is 1.20 bits per heavy atom. The van der Waals surface area contributed by atoms with E-state index in [1.54, 1.807) is 0 Å². The minimum absolute atomic E-state index is 0.378. The Morgan fingerprint density at radius 1 is 0.523 bits per heavy atom. The molecular formula is C42H38N2. The molecule has 0 saturated carbocycles. The number of nitrogens with zero attached hydrogens (tertiary/aromatic N) is 2. The van der Waals surface area contributed by atoms with Gasteiger partial charge in [-0.05, 0) is 103 Å². The van der Waals surface area contributed by atoms with Gasteiger partial charge < -0.3 is 9.13 Å². The number of aromatic nitrogens is 2. The number of rotatable bonds is 4. The molecule has 0 radical (unpaired) electrons. The summed E-state index contributed by atoms with van der Waals surface area (Å²) < 4.78 is 5.01. The fourth-order valence-electron chi connectivity index (χ4n) is 7.65. The molecule has 2 aromatic heterocycles. The third kappa shape index (κ3) is 3.87. The molecule has 0 aliphatic carbocycles. The summed E-state index contributed by atoms with van der Waals surface area (Å²) in [4.78, 5) is 0. The van der Waals surface area contributed by atoms with Gasteiger partial charge in [-0.25, -0.2) is 0 Å². The first-order valence-electron chi connectivity index (χ1n) is 15.9. The highest BCUT2D eigenvalue weighted by Gasteiger charge is 2.21. The number of benzene rings is 6. The van der Waals surface area contributed by atoms with Crippen molar-refractivity contribution >= 4 is 54.4 Å². The summed E-state index contributed by atoms with van der Waals surface area (Å²) in [6.45, 7) is 13.7. The van der Waals surface area contributed by atoms with Crippen molar-refractivity contribution in [2.75, 3.05) is 0 Å². The van der Waals surface area contributed by atoms with Crippen molar-refractivity contribution in [2.45, 2.75) is 53.5 Å². The molecular weight excluding hydrogens is 532 g/mol. The number of para-hydroxylation sites is 2. The zero-order chi connectivity index (χ0) is 30.3. The number of hydrogen-bond acceptors (Lipinski definition) is 0. The summed E-state index contributed by atoms with van der Waals surface area (Å²) in [5, 5.41) is 7.75. The van der Waals surface area contributed by atoms with Crippen LogP contribution in [0.15, 0.2) is 109 Å². The van der Waals surface area contributed by atoms with E-state index in [-0.39, 0.29) is 0 Å². The van der Waals surface area contributed by atoms with Crippen molar-refractivity contribution < 1.29 is 0 Å². The van der Waals surface area contributed by atoms with E-state index in [1.165, 1.54) is 87.9 Å². The predicted octanol–water partition coefficient (Wildman–Crippen LogP) is 12.0. The minimum Gasteiger partial charge on any atom is -0.338 e. The molecule has 6 aromatic carbocycles. The van der Waals surface area contributed by atoms with E-state index in [1.807, 2.05) is 0 Å². The Bertz CT molecular complexity index is 2410. The molecule has 0 spiro atoms. The second kappa shape index (κ2) is 9.86. The molecule has 0 aliphatic heterocycles. The van der Waals surface area contributed by atoms with Crippen LogP contribution in [0.2, 0.25) is 0 Å². The molecule has 0 fully saturated rings. The van der Waals surface area contributed by atoms with E-state index in [9.17, 15) is 0 Å². The molecule has 0 unspecified atom stereocenters. The maximum Gasteiger partial charge on any atom is 0.0619 e. The molecule has 44 heavy (non-hydrogen) atoms. The average molecular weight is 571 g/mol. The Hall–Kier alpha value is -4.82. The molecule has 0 bridgehead atoms.